The van der Waals surface area contributed by atoms with Gasteiger partial charge in [-0.3, -0.25) is 0 Å². The molecule has 2 rings (SSSR count). The van der Waals surface area contributed by atoms with E-state index in [1.54, 1.807) is 6.07 Å². The number of unbranched alkanes of at least 4 members (excludes halogenated alkanes) is 1. The van der Waals surface area contributed by atoms with Gasteiger partial charge in [-0.25, -0.2) is 0 Å². The van der Waals surface area contributed by atoms with Gasteiger partial charge < -0.3 is 15.4 Å². The monoisotopic (exact) mass is 232 g/mol. The van der Waals surface area contributed by atoms with Gasteiger partial charge in [-0.15, -0.1) is 0 Å². The van der Waals surface area contributed by atoms with Crippen molar-refractivity contribution in [1.29, 1.82) is 0 Å². The summed E-state index contributed by atoms with van der Waals surface area (Å²) in [4.78, 5) is 0. The van der Waals surface area contributed by atoms with Crippen molar-refractivity contribution in [1.82, 2.24) is 4.57 Å². The summed E-state index contributed by atoms with van der Waals surface area (Å²) in [7, 11) is 0. The molecule has 0 radical (unpaired) electrons. The maximum absolute atomic E-state index is 9.58. The van der Waals surface area contributed by atoms with Crippen LogP contribution in [0.4, 0.5) is 0 Å². The number of benzene rings is 1. The lowest BCUT2D eigenvalue weighted by molar-refractivity contribution is 0.476. The highest BCUT2D eigenvalue weighted by Gasteiger charge is 2.12. The van der Waals surface area contributed by atoms with Crippen LogP contribution in [0, 0.1) is 6.92 Å². The van der Waals surface area contributed by atoms with Gasteiger partial charge in [0.15, 0.2) is 0 Å². The minimum atomic E-state index is 0.305. The van der Waals surface area contributed by atoms with E-state index in [4.69, 9.17) is 5.73 Å². The summed E-state index contributed by atoms with van der Waals surface area (Å²) in [6.45, 7) is 5.83. The Balaban J connectivity index is 2.62. The number of nitrogens with zero attached hydrogens (tertiary/aromatic N) is 1. The number of hydrogen-bond donors (Lipinski definition) is 2. The molecule has 0 saturated carbocycles. The molecule has 1 aromatic carbocycles. The van der Waals surface area contributed by atoms with Crippen LogP contribution in [0.5, 0.6) is 5.75 Å². The number of phenolic OH excluding ortho intramolecular Hbond substituents is 1. The molecule has 1 heterocycles. The van der Waals surface area contributed by atoms with Crippen molar-refractivity contribution in [2.75, 3.05) is 0 Å². The van der Waals surface area contributed by atoms with Crippen molar-refractivity contribution in [2.45, 2.75) is 39.8 Å². The smallest absolute Gasteiger partial charge is 0.116 e. The molecule has 2 aromatic rings. The maximum atomic E-state index is 9.58. The van der Waals surface area contributed by atoms with Gasteiger partial charge in [0.05, 0.1) is 0 Å². The highest BCUT2D eigenvalue weighted by atomic mass is 16.3. The van der Waals surface area contributed by atoms with Crippen LogP contribution in [-0.2, 0) is 13.1 Å². The zero-order valence-electron chi connectivity index (χ0n) is 10.5. The van der Waals surface area contributed by atoms with Gasteiger partial charge in [0.2, 0.25) is 0 Å². The van der Waals surface area contributed by atoms with E-state index >= 15 is 0 Å². The Bertz CT molecular complexity index is 528. The third-order valence-corrected chi connectivity index (χ3v) is 3.38. The Morgan fingerprint density at radius 3 is 2.76 bits per heavy atom. The van der Waals surface area contributed by atoms with Crippen molar-refractivity contribution in [3.05, 3.63) is 29.5 Å². The first kappa shape index (κ1) is 12.0. The van der Waals surface area contributed by atoms with Gasteiger partial charge in [-0.2, -0.15) is 0 Å². The van der Waals surface area contributed by atoms with Gasteiger partial charge >= 0.3 is 0 Å². The molecular weight excluding hydrogens is 212 g/mol. The van der Waals surface area contributed by atoms with Crippen molar-refractivity contribution in [3.8, 4) is 5.75 Å². The van der Waals surface area contributed by atoms with Crippen LogP contribution in [0.1, 0.15) is 31.0 Å². The van der Waals surface area contributed by atoms with E-state index < -0.39 is 0 Å². The Kier molecular flexibility index (Phi) is 3.38. The van der Waals surface area contributed by atoms with Gasteiger partial charge in [0.1, 0.15) is 5.75 Å². The lowest BCUT2D eigenvalue weighted by Gasteiger charge is -2.07. The number of aromatic hydroxyl groups is 1. The molecule has 3 nitrogen and oxygen atoms in total. The number of nitrogens with two attached hydrogens (primary N) is 1. The molecule has 0 bridgehead atoms. The predicted octanol–water partition coefficient (Wildman–Crippen LogP) is 2.91. The van der Waals surface area contributed by atoms with Crippen LogP contribution >= 0.6 is 0 Å². The highest BCUT2D eigenvalue weighted by Crippen LogP contribution is 2.29. The highest BCUT2D eigenvalue weighted by molar-refractivity contribution is 5.86. The fraction of sp³-hybridized carbons (Fsp3) is 0.429. The third-order valence-electron chi connectivity index (χ3n) is 3.38. The van der Waals surface area contributed by atoms with E-state index in [1.807, 2.05) is 12.1 Å². The van der Waals surface area contributed by atoms with Gasteiger partial charge in [0.25, 0.3) is 0 Å². The topological polar surface area (TPSA) is 51.2 Å². The Morgan fingerprint density at radius 1 is 1.35 bits per heavy atom. The van der Waals surface area contributed by atoms with Crippen LogP contribution in [0.2, 0.25) is 0 Å². The minimum absolute atomic E-state index is 0.305. The Morgan fingerprint density at radius 2 is 2.12 bits per heavy atom. The second-order valence-corrected chi connectivity index (χ2v) is 4.47. The van der Waals surface area contributed by atoms with E-state index in [0.717, 1.165) is 23.9 Å². The fourth-order valence-corrected chi connectivity index (χ4v) is 2.40. The molecule has 0 fully saturated rings. The summed E-state index contributed by atoms with van der Waals surface area (Å²) in [6, 6.07) is 5.53. The molecule has 0 spiro atoms. The van der Waals surface area contributed by atoms with E-state index in [-0.39, 0.29) is 0 Å². The molecule has 0 saturated heterocycles. The number of rotatable bonds is 4. The van der Waals surface area contributed by atoms with Crippen LogP contribution in [0.3, 0.4) is 0 Å². The van der Waals surface area contributed by atoms with E-state index in [2.05, 4.69) is 18.4 Å². The van der Waals surface area contributed by atoms with E-state index in [9.17, 15) is 5.11 Å². The number of aryl methyl sites for hydroxylation is 1. The molecule has 1 aromatic heterocycles. The maximum Gasteiger partial charge on any atom is 0.116 e. The van der Waals surface area contributed by atoms with Crippen LogP contribution in [0.15, 0.2) is 18.2 Å². The molecule has 92 valence electrons. The number of hydrogen-bond acceptors (Lipinski definition) is 2. The van der Waals surface area contributed by atoms with Crippen LogP contribution < -0.4 is 5.73 Å². The Hall–Kier alpha value is -1.48. The second kappa shape index (κ2) is 4.80. The molecule has 0 aliphatic heterocycles. The quantitative estimate of drug-likeness (QED) is 0.851. The van der Waals surface area contributed by atoms with Crippen LogP contribution in [0.25, 0.3) is 10.9 Å². The molecule has 0 amide bonds. The largest absolute Gasteiger partial charge is 0.508 e. The molecule has 17 heavy (non-hydrogen) atoms. The average Bonchev–Trinajstić information content (AvgIpc) is 2.57. The van der Waals surface area contributed by atoms with Crippen LogP contribution in [-0.4, -0.2) is 9.67 Å². The first-order chi connectivity index (χ1) is 8.19. The van der Waals surface area contributed by atoms with Gasteiger partial charge in [-0.05, 0) is 37.1 Å². The molecule has 0 unspecified atom stereocenters. The molecule has 0 atom stereocenters. The molecular formula is C14H20N2O. The standard InChI is InChI=1S/C14H20N2O/c1-3-4-7-16-10(2)13(9-15)12-8-11(17)5-6-14(12)16/h5-6,8,17H,3-4,7,9,15H2,1-2H3. The Labute approximate surface area is 102 Å². The number of fused-ring (bicyclic) bond motifs is 1. The SMILES string of the molecule is CCCCn1c(C)c(CN)c2cc(O)ccc21. The average molecular weight is 232 g/mol. The molecule has 0 aliphatic carbocycles. The van der Waals surface area contributed by atoms with Crippen molar-refractivity contribution < 1.29 is 5.11 Å². The fourth-order valence-electron chi connectivity index (χ4n) is 2.40. The first-order valence-corrected chi connectivity index (χ1v) is 6.19. The summed E-state index contributed by atoms with van der Waals surface area (Å²) < 4.78 is 2.31. The van der Waals surface area contributed by atoms with Crippen molar-refractivity contribution in [2.24, 2.45) is 5.73 Å². The van der Waals surface area contributed by atoms with E-state index in [1.165, 1.54) is 17.6 Å². The first-order valence-electron chi connectivity index (χ1n) is 6.19. The summed E-state index contributed by atoms with van der Waals surface area (Å²) in [5.74, 6) is 0.305. The minimum Gasteiger partial charge on any atom is -0.508 e. The summed E-state index contributed by atoms with van der Waals surface area (Å²) in [5.41, 5.74) is 9.36. The summed E-state index contributed by atoms with van der Waals surface area (Å²) >= 11 is 0. The summed E-state index contributed by atoms with van der Waals surface area (Å²) in [6.07, 6.45) is 2.34. The predicted molar refractivity (Wildman–Crippen MR) is 71.1 cm³/mol. The normalized spacial score (nSPS) is 11.2. The zero-order valence-corrected chi connectivity index (χ0v) is 10.5. The van der Waals surface area contributed by atoms with Crippen molar-refractivity contribution >= 4 is 10.9 Å². The van der Waals surface area contributed by atoms with Crippen molar-refractivity contribution in [3.63, 3.8) is 0 Å². The second-order valence-electron chi connectivity index (χ2n) is 4.47. The number of aromatic nitrogens is 1. The molecule has 3 heteroatoms. The molecule has 0 aliphatic rings. The molecule has 3 N–H and O–H groups in total. The number of phenols is 1. The zero-order chi connectivity index (χ0) is 12.4. The summed E-state index contributed by atoms with van der Waals surface area (Å²) in [5, 5.41) is 10.7. The lowest BCUT2D eigenvalue weighted by atomic mass is 10.1. The van der Waals surface area contributed by atoms with Gasteiger partial charge in [-0.1, -0.05) is 13.3 Å². The lowest BCUT2D eigenvalue weighted by Crippen LogP contribution is -2.02. The van der Waals surface area contributed by atoms with Gasteiger partial charge in [0, 0.05) is 29.7 Å². The van der Waals surface area contributed by atoms with E-state index in [0.29, 0.717) is 12.3 Å². The third kappa shape index (κ3) is 2.03.